The lowest BCUT2D eigenvalue weighted by Crippen LogP contribution is -2.11. The average Bonchev–Trinajstić information content (AvgIpc) is 3.18. The predicted octanol–water partition coefficient (Wildman–Crippen LogP) is 5.71. The minimum atomic E-state index is -0.484. The number of halogens is 1. The molecular formula is C25H23FN4O3S. The number of ether oxygens (including phenoxy) is 1. The van der Waals surface area contributed by atoms with Crippen LogP contribution in [0.4, 0.5) is 4.39 Å². The molecule has 3 aromatic carbocycles. The molecule has 174 valence electrons. The molecule has 1 atom stereocenters. The summed E-state index contributed by atoms with van der Waals surface area (Å²) in [6.07, 6.45) is 0. The molecule has 7 nitrogen and oxygen atoms in total. The Balaban J connectivity index is 1.54. The molecule has 0 radical (unpaired) electrons. The second-order valence-corrected chi connectivity index (χ2v) is 8.95. The topological polar surface area (TPSA) is 83.1 Å². The second kappa shape index (κ2) is 10.5. The van der Waals surface area contributed by atoms with Gasteiger partial charge in [0.05, 0.1) is 0 Å². The zero-order valence-electron chi connectivity index (χ0n) is 18.7. The molecule has 0 bridgehead atoms. The third-order valence-electron chi connectivity index (χ3n) is 5.22. The Bertz CT molecular complexity index is 1290. The van der Waals surface area contributed by atoms with E-state index in [-0.39, 0.29) is 23.9 Å². The van der Waals surface area contributed by atoms with Crippen LogP contribution in [0.3, 0.4) is 0 Å². The number of thioether (sulfide) groups is 1. The van der Waals surface area contributed by atoms with Crippen molar-refractivity contribution in [2.45, 2.75) is 30.9 Å². The summed E-state index contributed by atoms with van der Waals surface area (Å²) in [5, 5.41) is 20.0. The summed E-state index contributed by atoms with van der Waals surface area (Å²) in [6, 6.07) is 21.4. The fraction of sp³-hybridized carbons (Fsp3) is 0.200. The van der Waals surface area contributed by atoms with Gasteiger partial charge >= 0.3 is 0 Å². The maximum absolute atomic E-state index is 13.8. The van der Waals surface area contributed by atoms with Crippen molar-refractivity contribution >= 4 is 11.8 Å². The van der Waals surface area contributed by atoms with Crippen molar-refractivity contribution in [3.05, 3.63) is 111 Å². The summed E-state index contributed by atoms with van der Waals surface area (Å²) in [4.78, 5) is 11.1. The van der Waals surface area contributed by atoms with Crippen molar-refractivity contribution in [3.8, 4) is 11.4 Å². The molecule has 0 unspecified atom stereocenters. The summed E-state index contributed by atoms with van der Waals surface area (Å²) in [6.45, 7) is 3.67. The van der Waals surface area contributed by atoms with Gasteiger partial charge in [-0.25, -0.2) is 4.39 Å². The molecule has 0 N–H and O–H groups in total. The van der Waals surface area contributed by atoms with Gasteiger partial charge in [-0.3, -0.25) is 14.7 Å². The molecule has 0 amide bonds. The number of nitro groups is 1. The number of hydrogen-bond acceptors (Lipinski definition) is 6. The van der Waals surface area contributed by atoms with Crippen LogP contribution in [0.5, 0.6) is 5.75 Å². The molecule has 0 saturated carbocycles. The fourth-order valence-electron chi connectivity index (χ4n) is 3.51. The van der Waals surface area contributed by atoms with Crippen molar-refractivity contribution in [1.29, 1.82) is 0 Å². The number of hydrogen-bond donors (Lipinski definition) is 0. The van der Waals surface area contributed by atoms with Crippen LogP contribution in [0.2, 0.25) is 0 Å². The van der Waals surface area contributed by atoms with Crippen LogP contribution in [-0.2, 0) is 6.61 Å². The van der Waals surface area contributed by atoms with Crippen LogP contribution in [0.25, 0.3) is 5.69 Å². The molecule has 0 fully saturated rings. The van der Waals surface area contributed by atoms with Gasteiger partial charge in [0.25, 0.3) is 0 Å². The van der Waals surface area contributed by atoms with E-state index in [1.165, 1.54) is 17.8 Å². The Morgan fingerprint density at radius 1 is 1.06 bits per heavy atom. The van der Waals surface area contributed by atoms with E-state index in [0.29, 0.717) is 22.3 Å². The largest absolute Gasteiger partial charge is 0.489 e. The monoisotopic (exact) mass is 478 g/mol. The van der Waals surface area contributed by atoms with E-state index in [4.69, 9.17) is 4.74 Å². The van der Waals surface area contributed by atoms with Crippen molar-refractivity contribution in [3.63, 3.8) is 0 Å². The zero-order valence-corrected chi connectivity index (χ0v) is 19.5. The highest BCUT2D eigenvalue weighted by Crippen LogP contribution is 2.36. The molecule has 34 heavy (non-hydrogen) atoms. The van der Waals surface area contributed by atoms with Crippen LogP contribution >= 0.6 is 11.8 Å². The number of aromatic nitrogens is 3. The van der Waals surface area contributed by atoms with Crippen molar-refractivity contribution < 1.29 is 14.1 Å². The molecule has 4 aromatic rings. The molecule has 9 heteroatoms. The Morgan fingerprint density at radius 2 is 1.82 bits per heavy atom. The summed E-state index contributed by atoms with van der Waals surface area (Å²) in [7, 11) is 0. The summed E-state index contributed by atoms with van der Waals surface area (Å²) in [5.74, 6) is 0.926. The van der Waals surface area contributed by atoms with Gasteiger partial charge in [0.15, 0.2) is 5.16 Å². The van der Waals surface area contributed by atoms with Gasteiger partial charge < -0.3 is 4.74 Å². The first-order chi connectivity index (χ1) is 16.4. The van der Waals surface area contributed by atoms with Crippen molar-refractivity contribution in [2.75, 3.05) is 6.54 Å². The van der Waals surface area contributed by atoms with Gasteiger partial charge in [0.1, 0.15) is 29.2 Å². The van der Waals surface area contributed by atoms with Gasteiger partial charge in [-0.15, -0.1) is 10.2 Å². The van der Waals surface area contributed by atoms with E-state index >= 15 is 0 Å². The molecular weight excluding hydrogens is 455 g/mol. The van der Waals surface area contributed by atoms with Crippen molar-refractivity contribution in [1.82, 2.24) is 14.8 Å². The maximum atomic E-state index is 13.8. The molecule has 1 heterocycles. The summed E-state index contributed by atoms with van der Waals surface area (Å²) in [5.41, 5.74) is 3.21. The Hall–Kier alpha value is -3.72. The molecule has 0 spiro atoms. The maximum Gasteiger partial charge on any atom is 0.220 e. The lowest BCUT2D eigenvalue weighted by Gasteiger charge is -2.15. The zero-order chi connectivity index (χ0) is 24.1. The standard InChI is InChI=1S/C25H23FN4O3S/c1-17-6-5-8-21(14-17)30-18(2)27-28-25(30)34-24(15-29(31)32)19-10-12-22(13-11-19)33-16-20-7-3-4-9-23(20)26/h3-14,24H,15-16H2,1-2H3/t24-/m0/s1. The molecule has 0 aliphatic rings. The molecule has 1 aromatic heterocycles. The fourth-order valence-corrected chi connectivity index (χ4v) is 4.69. The minimum absolute atomic E-state index is 0.0952. The first-order valence-electron chi connectivity index (χ1n) is 10.6. The van der Waals surface area contributed by atoms with E-state index in [2.05, 4.69) is 10.2 Å². The quantitative estimate of drug-likeness (QED) is 0.174. The third kappa shape index (κ3) is 5.60. The number of aryl methyl sites for hydroxylation is 2. The van der Waals surface area contributed by atoms with Gasteiger partial charge in [-0.05, 0) is 55.3 Å². The van der Waals surface area contributed by atoms with E-state index in [9.17, 15) is 14.5 Å². The smallest absolute Gasteiger partial charge is 0.220 e. The first kappa shape index (κ1) is 23.4. The van der Waals surface area contributed by atoms with Crippen LogP contribution in [-0.4, -0.2) is 26.2 Å². The molecule has 4 rings (SSSR count). The lowest BCUT2D eigenvalue weighted by atomic mass is 10.1. The number of rotatable bonds is 9. The van der Waals surface area contributed by atoms with Crippen LogP contribution in [0, 0.1) is 29.8 Å². The van der Waals surface area contributed by atoms with Gasteiger partial charge in [0, 0.05) is 16.2 Å². The SMILES string of the molecule is Cc1cccc(-n2c(C)nnc2S[C@@H](C[N+](=O)[O-])c2ccc(OCc3ccccc3F)cc2)c1. The van der Waals surface area contributed by atoms with Gasteiger partial charge in [-0.1, -0.05) is 54.2 Å². The highest BCUT2D eigenvalue weighted by molar-refractivity contribution is 7.99. The second-order valence-electron chi connectivity index (χ2n) is 7.78. The van der Waals surface area contributed by atoms with Gasteiger partial charge in [0.2, 0.25) is 6.54 Å². The van der Waals surface area contributed by atoms with Crippen LogP contribution in [0.15, 0.2) is 78.0 Å². The predicted molar refractivity (Wildman–Crippen MR) is 128 cm³/mol. The summed E-state index contributed by atoms with van der Waals surface area (Å²) >= 11 is 1.29. The van der Waals surface area contributed by atoms with Crippen molar-refractivity contribution in [2.24, 2.45) is 0 Å². The van der Waals surface area contributed by atoms with E-state index in [0.717, 1.165) is 16.8 Å². The number of nitrogens with zero attached hydrogens (tertiary/aromatic N) is 4. The first-order valence-corrected chi connectivity index (χ1v) is 11.5. The number of benzene rings is 3. The van der Waals surface area contributed by atoms with E-state index < -0.39 is 5.25 Å². The Morgan fingerprint density at radius 3 is 2.53 bits per heavy atom. The normalized spacial score (nSPS) is 11.9. The van der Waals surface area contributed by atoms with E-state index in [1.54, 1.807) is 42.5 Å². The highest BCUT2D eigenvalue weighted by atomic mass is 32.2. The highest BCUT2D eigenvalue weighted by Gasteiger charge is 2.24. The summed E-state index contributed by atoms with van der Waals surface area (Å²) < 4.78 is 21.4. The molecule has 0 saturated heterocycles. The lowest BCUT2D eigenvalue weighted by molar-refractivity contribution is -0.479. The van der Waals surface area contributed by atoms with Crippen LogP contribution in [0.1, 0.15) is 27.8 Å². The molecule has 0 aliphatic carbocycles. The van der Waals surface area contributed by atoms with Gasteiger partial charge in [-0.2, -0.15) is 0 Å². The van der Waals surface area contributed by atoms with Crippen LogP contribution < -0.4 is 4.74 Å². The molecule has 0 aliphatic heterocycles. The Kier molecular flexibility index (Phi) is 7.22. The van der Waals surface area contributed by atoms with E-state index in [1.807, 2.05) is 42.7 Å². The third-order valence-corrected chi connectivity index (χ3v) is 6.40. The minimum Gasteiger partial charge on any atom is -0.489 e. The Labute approximate surface area is 200 Å². The average molecular weight is 479 g/mol.